The molecule has 0 bridgehead atoms. The summed E-state index contributed by atoms with van der Waals surface area (Å²) in [7, 11) is 0. The molecule has 3 amide bonds. The number of pyridine rings is 1. The number of hydrogen-bond donors (Lipinski definition) is 3. The zero-order chi connectivity index (χ0) is 24.5. The molecular weight excluding hydrogens is 473 g/mol. The van der Waals surface area contributed by atoms with Gasteiger partial charge in [-0.1, -0.05) is 11.3 Å². The lowest BCUT2D eigenvalue weighted by Crippen LogP contribution is -2.17. The maximum atomic E-state index is 14.6. The number of aryl methyl sites for hydroxylation is 1. The van der Waals surface area contributed by atoms with Gasteiger partial charge in [-0.05, 0) is 62.4 Å². The number of carbonyl (C=O) groups excluding carboxylic acids is 3. The van der Waals surface area contributed by atoms with Gasteiger partial charge in [0.2, 0.25) is 5.91 Å². The number of aromatic nitrogens is 2. The Hall–Kier alpha value is -3.86. The van der Waals surface area contributed by atoms with Gasteiger partial charge in [0.15, 0.2) is 5.13 Å². The number of hydrogen-bond acceptors (Lipinski definition) is 7. The highest BCUT2D eigenvalue weighted by Crippen LogP contribution is 2.31. The van der Waals surface area contributed by atoms with Crippen molar-refractivity contribution in [1.82, 2.24) is 9.97 Å². The number of thiazole rings is 1. The third-order valence-electron chi connectivity index (χ3n) is 5.52. The Balaban J connectivity index is 1.25. The van der Waals surface area contributed by atoms with E-state index in [1.165, 1.54) is 24.5 Å². The highest BCUT2D eigenvalue weighted by molar-refractivity contribution is 7.17. The number of halogens is 1. The standard InChI is InChI=1S/C24H22FN5O4S/c1-12-8-17(25)16(22(32)29-20-7-6-15(10-26-20)34-14-4-5-14)9-18(12)28-23(33)19-11-27-24(35-19)30-21(31)13-2-3-13/h6-11,13-14H,2-5H2,1H3,(H,28,33)(H,26,29,32)(H,27,30,31). The van der Waals surface area contributed by atoms with E-state index in [0.29, 0.717) is 16.4 Å². The van der Waals surface area contributed by atoms with Crippen LogP contribution in [0.4, 0.5) is 21.0 Å². The number of rotatable bonds is 8. The van der Waals surface area contributed by atoms with Gasteiger partial charge in [0.25, 0.3) is 11.8 Å². The first kappa shape index (κ1) is 22.9. The molecule has 35 heavy (non-hydrogen) atoms. The summed E-state index contributed by atoms with van der Waals surface area (Å²) in [4.78, 5) is 45.8. The molecule has 11 heteroatoms. The Labute approximate surface area is 204 Å². The fourth-order valence-corrected chi connectivity index (χ4v) is 3.96. The molecule has 0 saturated heterocycles. The van der Waals surface area contributed by atoms with Crippen LogP contribution in [0.15, 0.2) is 36.7 Å². The van der Waals surface area contributed by atoms with Gasteiger partial charge in [-0.25, -0.2) is 14.4 Å². The zero-order valence-electron chi connectivity index (χ0n) is 18.8. The molecule has 2 heterocycles. The van der Waals surface area contributed by atoms with E-state index in [2.05, 4.69) is 25.9 Å². The summed E-state index contributed by atoms with van der Waals surface area (Å²) in [5, 5.41) is 8.28. The van der Waals surface area contributed by atoms with E-state index >= 15 is 0 Å². The number of anilines is 3. The molecule has 180 valence electrons. The van der Waals surface area contributed by atoms with E-state index in [1.807, 2.05) is 0 Å². The van der Waals surface area contributed by atoms with Crippen LogP contribution in [0.2, 0.25) is 0 Å². The Morgan fingerprint density at radius 3 is 2.49 bits per heavy atom. The van der Waals surface area contributed by atoms with Gasteiger partial charge in [-0.2, -0.15) is 0 Å². The third-order valence-corrected chi connectivity index (χ3v) is 6.43. The molecule has 2 aromatic heterocycles. The van der Waals surface area contributed by atoms with Gasteiger partial charge in [-0.3, -0.25) is 14.4 Å². The fourth-order valence-electron chi connectivity index (χ4n) is 3.24. The summed E-state index contributed by atoms with van der Waals surface area (Å²) in [5.74, 6) is -1.14. The number of amides is 3. The minimum absolute atomic E-state index is 0.0202. The maximum absolute atomic E-state index is 14.6. The first-order chi connectivity index (χ1) is 16.9. The van der Waals surface area contributed by atoms with Crippen molar-refractivity contribution < 1.29 is 23.5 Å². The van der Waals surface area contributed by atoms with Crippen molar-refractivity contribution in [3.63, 3.8) is 0 Å². The van der Waals surface area contributed by atoms with Crippen molar-refractivity contribution >= 4 is 45.7 Å². The van der Waals surface area contributed by atoms with Crippen molar-refractivity contribution in [1.29, 1.82) is 0 Å². The lowest BCUT2D eigenvalue weighted by Gasteiger charge is -2.12. The van der Waals surface area contributed by atoms with Crippen molar-refractivity contribution in [3.8, 4) is 5.75 Å². The first-order valence-corrected chi connectivity index (χ1v) is 12.0. The van der Waals surface area contributed by atoms with Crippen molar-refractivity contribution in [3.05, 3.63) is 58.5 Å². The molecule has 0 aliphatic heterocycles. The van der Waals surface area contributed by atoms with Gasteiger partial charge in [0.05, 0.1) is 24.1 Å². The average molecular weight is 496 g/mol. The second-order valence-corrected chi connectivity index (χ2v) is 9.58. The van der Waals surface area contributed by atoms with Crippen LogP contribution in [0.1, 0.15) is 51.3 Å². The van der Waals surface area contributed by atoms with E-state index in [4.69, 9.17) is 4.74 Å². The normalized spacial score (nSPS) is 14.8. The second kappa shape index (κ2) is 9.41. The fraction of sp³-hybridized carbons (Fsp3) is 0.292. The Morgan fingerprint density at radius 1 is 1.00 bits per heavy atom. The molecule has 0 unspecified atom stereocenters. The molecular formula is C24H22FN5O4S. The summed E-state index contributed by atoms with van der Waals surface area (Å²) in [6.45, 7) is 1.62. The number of benzene rings is 1. The predicted octanol–water partition coefficient (Wildman–Crippen LogP) is 4.38. The van der Waals surface area contributed by atoms with Gasteiger partial charge in [0, 0.05) is 11.6 Å². The molecule has 0 atom stereocenters. The lowest BCUT2D eigenvalue weighted by molar-refractivity contribution is -0.117. The van der Waals surface area contributed by atoms with Crippen LogP contribution >= 0.6 is 11.3 Å². The van der Waals surface area contributed by atoms with Gasteiger partial charge in [-0.15, -0.1) is 0 Å². The molecule has 9 nitrogen and oxygen atoms in total. The Kier molecular flexibility index (Phi) is 6.16. The van der Waals surface area contributed by atoms with Gasteiger partial charge < -0.3 is 20.7 Å². The highest BCUT2D eigenvalue weighted by Gasteiger charge is 2.30. The predicted molar refractivity (Wildman–Crippen MR) is 128 cm³/mol. The SMILES string of the molecule is Cc1cc(F)c(C(=O)Nc2ccc(OC3CC3)cn2)cc1NC(=O)c1cnc(NC(=O)C2CC2)s1. The van der Waals surface area contributed by atoms with Gasteiger partial charge in [0.1, 0.15) is 22.3 Å². The molecule has 2 aliphatic carbocycles. The van der Waals surface area contributed by atoms with E-state index in [1.54, 1.807) is 19.1 Å². The van der Waals surface area contributed by atoms with Crippen molar-refractivity contribution in [2.45, 2.75) is 38.7 Å². The summed E-state index contributed by atoms with van der Waals surface area (Å²) < 4.78 is 20.2. The van der Waals surface area contributed by atoms with E-state index in [-0.39, 0.29) is 39.9 Å². The molecule has 0 radical (unpaired) electrons. The van der Waals surface area contributed by atoms with Crippen LogP contribution in [0, 0.1) is 18.7 Å². The van der Waals surface area contributed by atoms with Crippen LogP contribution in [-0.2, 0) is 4.79 Å². The molecule has 2 saturated carbocycles. The van der Waals surface area contributed by atoms with E-state index in [0.717, 1.165) is 37.0 Å². The summed E-state index contributed by atoms with van der Waals surface area (Å²) in [5.41, 5.74) is 0.478. The lowest BCUT2D eigenvalue weighted by atomic mass is 10.1. The smallest absolute Gasteiger partial charge is 0.267 e. The van der Waals surface area contributed by atoms with E-state index in [9.17, 15) is 18.8 Å². The number of carbonyl (C=O) groups is 3. The van der Waals surface area contributed by atoms with Crippen molar-refractivity contribution in [2.75, 3.05) is 16.0 Å². The molecule has 0 spiro atoms. The highest BCUT2D eigenvalue weighted by atomic mass is 32.1. The quantitative estimate of drug-likeness (QED) is 0.426. The molecule has 3 aromatic rings. The third kappa shape index (κ3) is 5.62. The molecule has 1 aromatic carbocycles. The zero-order valence-corrected chi connectivity index (χ0v) is 19.6. The Bertz CT molecular complexity index is 1300. The molecule has 5 rings (SSSR count). The van der Waals surface area contributed by atoms with Gasteiger partial charge >= 0.3 is 0 Å². The minimum atomic E-state index is -0.727. The summed E-state index contributed by atoms with van der Waals surface area (Å²) >= 11 is 1.04. The number of ether oxygens (including phenoxy) is 1. The summed E-state index contributed by atoms with van der Waals surface area (Å²) in [6.07, 6.45) is 6.85. The maximum Gasteiger partial charge on any atom is 0.267 e. The molecule has 2 fully saturated rings. The van der Waals surface area contributed by atoms with Crippen LogP contribution < -0.4 is 20.7 Å². The van der Waals surface area contributed by atoms with E-state index < -0.39 is 17.6 Å². The molecule has 3 N–H and O–H groups in total. The first-order valence-electron chi connectivity index (χ1n) is 11.2. The van der Waals surface area contributed by atoms with Crippen LogP contribution in [0.25, 0.3) is 0 Å². The number of nitrogens with zero attached hydrogens (tertiary/aromatic N) is 2. The topological polar surface area (TPSA) is 122 Å². The molecule has 2 aliphatic rings. The number of nitrogens with one attached hydrogen (secondary N) is 3. The Morgan fingerprint density at radius 2 is 1.80 bits per heavy atom. The monoisotopic (exact) mass is 495 g/mol. The average Bonchev–Trinajstić information content (AvgIpc) is 3.76. The van der Waals surface area contributed by atoms with Crippen LogP contribution in [-0.4, -0.2) is 33.8 Å². The second-order valence-electron chi connectivity index (χ2n) is 8.54. The minimum Gasteiger partial charge on any atom is -0.489 e. The van der Waals surface area contributed by atoms with Crippen LogP contribution in [0.3, 0.4) is 0 Å². The van der Waals surface area contributed by atoms with Crippen molar-refractivity contribution in [2.24, 2.45) is 5.92 Å². The largest absolute Gasteiger partial charge is 0.489 e. The summed E-state index contributed by atoms with van der Waals surface area (Å²) in [6, 6.07) is 5.72. The van der Waals surface area contributed by atoms with Crippen LogP contribution in [0.5, 0.6) is 5.75 Å².